The van der Waals surface area contributed by atoms with E-state index in [1.54, 1.807) is 11.1 Å². The van der Waals surface area contributed by atoms with Crippen molar-refractivity contribution in [2.24, 2.45) is 7.05 Å². The molecule has 2 aromatic rings. The zero-order valence-corrected chi connectivity index (χ0v) is 14.7. The first-order chi connectivity index (χ1) is 11.3. The van der Waals surface area contributed by atoms with Crippen LogP contribution in [0.4, 0.5) is 10.6 Å². The number of nitrogens with zero attached hydrogens (tertiary/aromatic N) is 4. The molecule has 0 radical (unpaired) electrons. The number of ether oxygens (including phenoxy) is 1. The Labute approximate surface area is 142 Å². The zero-order valence-electron chi connectivity index (χ0n) is 14.7. The van der Waals surface area contributed by atoms with Gasteiger partial charge in [0.05, 0.1) is 6.20 Å². The smallest absolute Gasteiger partial charge is 0.410 e. The van der Waals surface area contributed by atoms with Gasteiger partial charge in [-0.05, 0) is 39.7 Å². The number of carbonyl (C=O) groups excluding carboxylic acids is 1. The number of carbonyl (C=O) groups is 1. The van der Waals surface area contributed by atoms with Crippen molar-refractivity contribution in [2.45, 2.75) is 45.3 Å². The summed E-state index contributed by atoms with van der Waals surface area (Å²) in [4.78, 5) is 18.5. The molecular formula is C17H25N5O2. The van der Waals surface area contributed by atoms with E-state index in [-0.39, 0.29) is 12.1 Å². The largest absolute Gasteiger partial charge is 0.444 e. The summed E-state index contributed by atoms with van der Waals surface area (Å²) in [5.41, 5.74) is 0.506. The first kappa shape index (κ1) is 16.5. The number of rotatable bonds is 2. The summed E-state index contributed by atoms with van der Waals surface area (Å²) in [6.45, 7) is 7.01. The molecule has 1 aliphatic rings. The van der Waals surface area contributed by atoms with E-state index in [9.17, 15) is 4.79 Å². The average Bonchev–Trinajstić information content (AvgIpc) is 2.88. The Morgan fingerprint density at radius 1 is 1.42 bits per heavy atom. The minimum Gasteiger partial charge on any atom is -0.444 e. The van der Waals surface area contributed by atoms with Crippen LogP contribution in [0.2, 0.25) is 0 Å². The van der Waals surface area contributed by atoms with Crippen molar-refractivity contribution in [1.29, 1.82) is 0 Å². The maximum absolute atomic E-state index is 12.3. The molecule has 1 amide bonds. The minimum atomic E-state index is -0.473. The lowest BCUT2D eigenvalue weighted by Gasteiger charge is -2.34. The van der Waals surface area contributed by atoms with Crippen LogP contribution in [0.25, 0.3) is 10.9 Å². The highest BCUT2D eigenvalue weighted by Gasteiger charge is 2.28. The second-order valence-electron chi connectivity index (χ2n) is 7.28. The Hall–Kier alpha value is -2.31. The van der Waals surface area contributed by atoms with Gasteiger partial charge in [-0.15, -0.1) is 0 Å². The van der Waals surface area contributed by atoms with Crippen molar-refractivity contribution in [2.75, 3.05) is 18.4 Å². The maximum atomic E-state index is 12.3. The zero-order chi connectivity index (χ0) is 17.3. The van der Waals surface area contributed by atoms with E-state index in [1.165, 1.54) is 0 Å². The number of hydrogen-bond donors (Lipinski definition) is 1. The molecule has 0 unspecified atom stereocenters. The Morgan fingerprint density at radius 3 is 2.96 bits per heavy atom. The molecule has 1 aliphatic heterocycles. The topological polar surface area (TPSA) is 72.3 Å². The molecule has 0 saturated carbocycles. The highest BCUT2D eigenvalue weighted by atomic mass is 16.6. The van der Waals surface area contributed by atoms with Gasteiger partial charge in [-0.25, -0.2) is 9.78 Å². The summed E-state index contributed by atoms with van der Waals surface area (Å²) in [5, 5.41) is 8.81. The third kappa shape index (κ3) is 3.60. The molecule has 24 heavy (non-hydrogen) atoms. The number of likely N-dealkylation sites (tertiary alicyclic amines) is 1. The predicted molar refractivity (Wildman–Crippen MR) is 93.0 cm³/mol. The van der Waals surface area contributed by atoms with E-state index in [4.69, 9.17) is 4.74 Å². The van der Waals surface area contributed by atoms with Crippen LogP contribution in [0.15, 0.2) is 18.5 Å². The van der Waals surface area contributed by atoms with E-state index < -0.39 is 5.60 Å². The molecule has 1 saturated heterocycles. The van der Waals surface area contributed by atoms with Crippen LogP contribution in [0.3, 0.4) is 0 Å². The number of piperidine rings is 1. The third-order valence-electron chi connectivity index (χ3n) is 4.06. The number of pyridine rings is 1. The number of nitrogens with one attached hydrogen (secondary N) is 1. The van der Waals surface area contributed by atoms with Gasteiger partial charge in [0, 0.05) is 37.8 Å². The molecule has 130 valence electrons. The Balaban J connectivity index is 1.71. The van der Waals surface area contributed by atoms with Crippen LogP contribution in [-0.2, 0) is 11.8 Å². The molecule has 3 heterocycles. The number of aromatic nitrogens is 3. The van der Waals surface area contributed by atoms with Gasteiger partial charge in [0.1, 0.15) is 11.1 Å². The Bertz CT molecular complexity index is 734. The van der Waals surface area contributed by atoms with Crippen molar-refractivity contribution >= 4 is 22.8 Å². The van der Waals surface area contributed by atoms with Gasteiger partial charge in [0.2, 0.25) is 0 Å². The van der Waals surface area contributed by atoms with E-state index in [2.05, 4.69) is 15.4 Å². The lowest BCUT2D eigenvalue weighted by molar-refractivity contribution is 0.0206. The number of aryl methyl sites for hydroxylation is 1. The molecule has 1 atom stereocenters. The van der Waals surface area contributed by atoms with Crippen molar-refractivity contribution in [3.63, 3.8) is 0 Å². The lowest BCUT2D eigenvalue weighted by Crippen LogP contribution is -2.47. The molecule has 2 aromatic heterocycles. The van der Waals surface area contributed by atoms with Gasteiger partial charge in [0.15, 0.2) is 5.82 Å². The fourth-order valence-electron chi connectivity index (χ4n) is 3.01. The molecule has 1 N–H and O–H groups in total. The average molecular weight is 331 g/mol. The van der Waals surface area contributed by atoms with Gasteiger partial charge < -0.3 is 15.0 Å². The summed E-state index contributed by atoms with van der Waals surface area (Å²) in [6.07, 6.45) is 5.30. The second kappa shape index (κ2) is 6.30. The van der Waals surface area contributed by atoms with Crippen LogP contribution >= 0.6 is 0 Å². The van der Waals surface area contributed by atoms with Crippen molar-refractivity contribution in [3.05, 3.63) is 18.5 Å². The molecule has 7 heteroatoms. The van der Waals surface area contributed by atoms with Crippen LogP contribution in [0.1, 0.15) is 33.6 Å². The van der Waals surface area contributed by atoms with Gasteiger partial charge in [-0.2, -0.15) is 5.10 Å². The summed E-state index contributed by atoms with van der Waals surface area (Å²) in [7, 11) is 1.91. The quantitative estimate of drug-likeness (QED) is 0.916. The van der Waals surface area contributed by atoms with Gasteiger partial charge in [-0.3, -0.25) is 4.68 Å². The highest BCUT2D eigenvalue weighted by Crippen LogP contribution is 2.23. The number of amides is 1. The second-order valence-corrected chi connectivity index (χ2v) is 7.28. The molecule has 3 rings (SSSR count). The molecular weight excluding hydrogens is 306 g/mol. The van der Waals surface area contributed by atoms with Crippen LogP contribution in [0.5, 0.6) is 0 Å². The fraction of sp³-hybridized carbons (Fsp3) is 0.588. The summed E-state index contributed by atoms with van der Waals surface area (Å²) in [6, 6.07) is 2.10. The predicted octanol–water partition coefficient (Wildman–Crippen LogP) is 2.78. The molecule has 0 bridgehead atoms. The van der Waals surface area contributed by atoms with Crippen LogP contribution in [-0.4, -0.2) is 50.5 Å². The van der Waals surface area contributed by atoms with E-state index >= 15 is 0 Å². The third-order valence-corrected chi connectivity index (χ3v) is 4.06. The van der Waals surface area contributed by atoms with Gasteiger partial charge >= 0.3 is 6.09 Å². The summed E-state index contributed by atoms with van der Waals surface area (Å²) >= 11 is 0. The van der Waals surface area contributed by atoms with Crippen molar-refractivity contribution < 1.29 is 9.53 Å². The monoisotopic (exact) mass is 331 g/mol. The number of hydrogen-bond acceptors (Lipinski definition) is 5. The standard InChI is InChI=1S/C17H25N5O2/c1-17(2,3)24-16(23)22-9-5-6-13(11-22)20-15-14-12(7-8-18-15)10-19-21(14)4/h7-8,10,13H,5-6,9,11H2,1-4H3,(H,18,20)/t13-/m1/s1. The highest BCUT2D eigenvalue weighted by molar-refractivity contribution is 5.88. The first-order valence-electron chi connectivity index (χ1n) is 8.35. The Morgan fingerprint density at radius 2 is 2.21 bits per heavy atom. The van der Waals surface area contributed by atoms with Crippen LogP contribution in [0, 0.1) is 0 Å². The van der Waals surface area contributed by atoms with E-state index in [0.29, 0.717) is 6.54 Å². The molecule has 1 fully saturated rings. The lowest BCUT2D eigenvalue weighted by atomic mass is 10.1. The number of anilines is 1. The maximum Gasteiger partial charge on any atom is 0.410 e. The SMILES string of the molecule is Cn1ncc2ccnc(N[C@@H]3CCCN(C(=O)OC(C)(C)C)C3)c21. The Kier molecular flexibility index (Phi) is 4.34. The normalized spacial score (nSPS) is 18.7. The molecule has 0 aromatic carbocycles. The molecule has 0 aliphatic carbocycles. The number of fused-ring (bicyclic) bond motifs is 1. The van der Waals surface area contributed by atoms with E-state index in [1.807, 2.05) is 44.8 Å². The summed E-state index contributed by atoms with van der Waals surface area (Å²) in [5.74, 6) is 0.809. The first-order valence-corrected chi connectivity index (χ1v) is 8.35. The van der Waals surface area contributed by atoms with Gasteiger partial charge in [-0.1, -0.05) is 0 Å². The van der Waals surface area contributed by atoms with Crippen molar-refractivity contribution in [1.82, 2.24) is 19.7 Å². The van der Waals surface area contributed by atoms with E-state index in [0.717, 1.165) is 36.1 Å². The van der Waals surface area contributed by atoms with Gasteiger partial charge in [0.25, 0.3) is 0 Å². The molecule has 0 spiro atoms. The fourth-order valence-corrected chi connectivity index (χ4v) is 3.01. The molecule has 7 nitrogen and oxygen atoms in total. The minimum absolute atomic E-state index is 0.152. The van der Waals surface area contributed by atoms with Crippen LogP contribution < -0.4 is 5.32 Å². The summed E-state index contributed by atoms with van der Waals surface area (Å²) < 4.78 is 7.30. The van der Waals surface area contributed by atoms with Crippen molar-refractivity contribution in [3.8, 4) is 0 Å².